The molecule has 0 aliphatic carbocycles. The van der Waals surface area contributed by atoms with Crippen LogP contribution in [0.15, 0.2) is 60.7 Å². The van der Waals surface area contributed by atoms with Crippen molar-refractivity contribution < 1.29 is 19.7 Å². The van der Waals surface area contributed by atoms with Crippen molar-refractivity contribution in [1.29, 1.82) is 0 Å². The molecule has 0 aliphatic heterocycles. The quantitative estimate of drug-likeness (QED) is 0.391. The molecule has 35 heavy (non-hydrogen) atoms. The molecule has 186 valence electrons. The third-order valence-electron chi connectivity index (χ3n) is 6.50. The Morgan fingerprint density at radius 2 is 1.29 bits per heavy atom. The number of hydrogen-bond donors (Lipinski definition) is 2. The molecule has 2 atom stereocenters. The molecular formula is C31H38O4. The van der Waals surface area contributed by atoms with E-state index in [1.54, 1.807) is 31.4 Å². The minimum Gasteiger partial charge on any atom is -0.507 e. The van der Waals surface area contributed by atoms with Gasteiger partial charge >= 0.3 is 0 Å². The Morgan fingerprint density at radius 1 is 0.800 bits per heavy atom. The van der Waals surface area contributed by atoms with Gasteiger partial charge in [0, 0.05) is 11.5 Å². The molecule has 4 heteroatoms. The highest BCUT2D eigenvalue weighted by Gasteiger charge is 2.34. The maximum atomic E-state index is 13.5. The van der Waals surface area contributed by atoms with Gasteiger partial charge < -0.3 is 14.9 Å². The Bertz CT molecular complexity index is 1140. The fourth-order valence-corrected chi connectivity index (χ4v) is 4.39. The number of aliphatic hydroxyl groups excluding tert-OH is 1. The predicted molar refractivity (Wildman–Crippen MR) is 142 cm³/mol. The second-order valence-corrected chi connectivity index (χ2v) is 11.4. The number of hydrogen-bond acceptors (Lipinski definition) is 4. The van der Waals surface area contributed by atoms with Gasteiger partial charge in [-0.25, -0.2) is 0 Å². The summed E-state index contributed by atoms with van der Waals surface area (Å²) in [6.07, 6.45) is -1.31. The molecule has 0 unspecified atom stereocenters. The summed E-state index contributed by atoms with van der Waals surface area (Å²) in [5.41, 5.74) is 4.08. The minimum absolute atomic E-state index is 0.271. The Labute approximate surface area is 209 Å². The normalized spacial score (nSPS) is 13.9. The number of ether oxygens (including phenoxy) is 1. The average molecular weight is 475 g/mol. The smallest absolute Gasteiger partial charge is 0.192 e. The predicted octanol–water partition coefficient (Wildman–Crippen LogP) is 6.68. The highest BCUT2D eigenvalue weighted by atomic mass is 16.5. The van der Waals surface area contributed by atoms with E-state index in [0.717, 1.165) is 27.8 Å². The van der Waals surface area contributed by atoms with E-state index in [4.69, 9.17) is 4.74 Å². The molecule has 0 heterocycles. The Hall–Kier alpha value is -3.11. The first kappa shape index (κ1) is 26.5. The lowest BCUT2D eigenvalue weighted by Crippen LogP contribution is -2.30. The number of aryl methyl sites for hydroxylation is 1. The number of ketones is 1. The van der Waals surface area contributed by atoms with Crippen LogP contribution in [0.25, 0.3) is 0 Å². The van der Waals surface area contributed by atoms with Crippen molar-refractivity contribution in [3.05, 3.63) is 94.0 Å². The zero-order chi connectivity index (χ0) is 26.1. The van der Waals surface area contributed by atoms with Crippen LogP contribution in [-0.4, -0.2) is 29.2 Å². The van der Waals surface area contributed by atoms with Gasteiger partial charge in [0.25, 0.3) is 0 Å². The van der Waals surface area contributed by atoms with E-state index in [9.17, 15) is 15.0 Å². The molecule has 3 aromatic carbocycles. The first-order valence-corrected chi connectivity index (χ1v) is 12.0. The largest absolute Gasteiger partial charge is 0.507 e. The number of phenols is 1. The van der Waals surface area contributed by atoms with E-state index in [0.29, 0.717) is 11.3 Å². The van der Waals surface area contributed by atoms with Gasteiger partial charge in [-0.1, -0.05) is 83.5 Å². The van der Waals surface area contributed by atoms with Gasteiger partial charge in [-0.3, -0.25) is 4.79 Å². The third-order valence-corrected chi connectivity index (χ3v) is 6.50. The number of benzene rings is 3. The van der Waals surface area contributed by atoms with Crippen LogP contribution in [0.1, 0.15) is 85.6 Å². The summed E-state index contributed by atoms with van der Waals surface area (Å²) in [4.78, 5) is 13.5. The lowest BCUT2D eigenvalue weighted by molar-refractivity contribution is 0.0715. The highest BCUT2D eigenvalue weighted by Crippen LogP contribution is 2.43. The summed E-state index contributed by atoms with van der Waals surface area (Å²) in [6, 6.07) is 18.6. The molecule has 3 rings (SSSR count). The summed E-state index contributed by atoms with van der Waals surface area (Å²) in [6.45, 7) is 14.3. The summed E-state index contributed by atoms with van der Waals surface area (Å²) in [5.74, 6) is -0.0457. The van der Waals surface area contributed by atoms with Crippen molar-refractivity contribution in [3.63, 3.8) is 0 Å². The molecule has 0 amide bonds. The van der Waals surface area contributed by atoms with E-state index in [2.05, 4.69) is 41.5 Å². The van der Waals surface area contributed by atoms with Gasteiger partial charge in [0.15, 0.2) is 5.78 Å². The van der Waals surface area contributed by atoms with Crippen molar-refractivity contribution in [1.82, 2.24) is 0 Å². The third kappa shape index (κ3) is 5.76. The molecule has 4 nitrogen and oxygen atoms in total. The second kappa shape index (κ2) is 9.87. The van der Waals surface area contributed by atoms with Crippen molar-refractivity contribution >= 4 is 5.78 Å². The minimum atomic E-state index is -1.31. The number of carbonyl (C=O) groups is 1. The lowest BCUT2D eigenvalue weighted by Gasteiger charge is -2.31. The first-order chi connectivity index (χ1) is 16.2. The zero-order valence-electron chi connectivity index (χ0n) is 22.1. The fraction of sp³-hybridized carbons (Fsp3) is 0.387. The number of aromatic hydroxyl groups is 1. The highest BCUT2D eigenvalue weighted by molar-refractivity contribution is 6.00. The maximum Gasteiger partial charge on any atom is 0.192 e. The van der Waals surface area contributed by atoms with Crippen molar-refractivity contribution in [2.75, 3.05) is 7.11 Å². The van der Waals surface area contributed by atoms with E-state index in [-0.39, 0.29) is 22.4 Å². The van der Waals surface area contributed by atoms with Gasteiger partial charge in [-0.2, -0.15) is 0 Å². The molecule has 0 aromatic heterocycles. The molecule has 0 saturated heterocycles. The van der Waals surface area contributed by atoms with Crippen molar-refractivity contribution in [2.45, 2.75) is 71.3 Å². The fourth-order valence-electron chi connectivity index (χ4n) is 4.39. The molecule has 0 spiro atoms. The Morgan fingerprint density at radius 3 is 1.71 bits per heavy atom. The standard InChI is InChI=1S/C31H38O4/c1-19-9-11-20(12-10-19)26(29(34)27(32)21-13-15-23(35-8)16-14-21)22-17-24(30(2,3)4)28(33)25(18-22)31(5,6)7/h9-18,26,29,33-34H,1-8H3/t26-,29+/m0/s1. The van der Waals surface area contributed by atoms with Crippen LogP contribution in [-0.2, 0) is 10.8 Å². The summed E-state index contributed by atoms with van der Waals surface area (Å²) < 4.78 is 5.21. The van der Waals surface area contributed by atoms with E-state index >= 15 is 0 Å². The Balaban J connectivity index is 2.23. The number of aliphatic hydroxyl groups is 1. The summed E-state index contributed by atoms with van der Waals surface area (Å²) >= 11 is 0. The van der Waals surface area contributed by atoms with Crippen LogP contribution >= 0.6 is 0 Å². The maximum absolute atomic E-state index is 13.5. The van der Waals surface area contributed by atoms with E-state index in [1.807, 2.05) is 43.3 Å². The van der Waals surface area contributed by atoms with Gasteiger partial charge in [-0.15, -0.1) is 0 Å². The van der Waals surface area contributed by atoms with Crippen molar-refractivity contribution in [2.24, 2.45) is 0 Å². The number of rotatable bonds is 6. The molecule has 0 aliphatic rings. The zero-order valence-corrected chi connectivity index (χ0v) is 22.1. The van der Waals surface area contributed by atoms with Gasteiger partial charge in [-0.05, 0) is 64.3 Å². The van der Waals surface area contributed by atoms with E-state index < -0.39 is 12.0 Å². The van der Waals surface area contributed by atoms with Crippen LogP contribution < -0.4 is 4.74 Å². The SMILES string of the molecule is COc1ccc(C(=O)[C@H](O)[C@@H](c2ccc(C)cc2)c2cc(C(C)(C)C)c(O)c(C(C)(C)C)c2)cc1. The van der Waals surface area contributed by atoms with Crippen LogP contribution in [0.5, 0.6) is 11.5 Å². The first-order valence-electron chi connectivity index (χ1n) is 12.0. The molecule has 0 bridgehead atoms. The molecular weight excluding hydrogens is 436 g/mol. The molecule has 2 N–H and O–H groups in total. The summed E-state index contributed by atoms with van der Waals surface area (Å²) in [5, 5.41) is 22.8. The van der Waals surface area contributed by atoms with Crippen LogP contribution in [0, 0.1) is 6.92 Å². The van der Waals surface area contributed by atoms with Crippen LogP contribution in [0.4, 0.5) is 0 Å². The van der Waals surface area contributed by atoms with Crippen molar-refractivity contribution in [3.8, 4) is 11.5 Å². The lowest BCUT2D eigenvalue weighted by atomic mass is 9.74. The Kier molecular flexibility index (Phi) is 7.47. The average Bonchev–Trinajstić information content (AvgIpc) is 2.79. The molecule has 0 saturated carbocycles. The number of carbonyl (C=O) groups excluding carboxylic acids is 1. The molecule has 3 aromatic rings. The molecule has 0 fully saturated rings. The number of methoxy groups -OCH3 is 1. The second-order valence-electron chi connectivity index (χ2n) is 11.4. The molecule has 0 radical (unpaired) electrons. The van der Waals surface area contributed by atoms with Crippen LogP contribution in [0.3, 0.4) is 0 Å². The number of phenolic OH excluding ortho intramolecular Hbond substituents is 1. The van der Waals surface area contributed by atoms with Gasteiger partial charge in [0.2, 0.25) is 0 Å². The summed E-state index contributed by atoms with van der Waals surface area (Å²) in [7, 11) is 1.57. The monoisotopic (exact) mass is 474 g/mol. The topological polar surface area (TPSA) is 66.8 Å². The van der Waals surface area contributed by atoms with E-state index in [1.165, 1.54) is 0 Å². The van der Waals surface area contributed by atoms with Gasteiger partial charge in [0.1, 0.15) is 17.6 Å². The number of Topliss-reactive ketones (excluding diaryl/α,β-unsaturated/α-hetero) is 1. The van der Waals surface area contributed by atoms with Crippen LogP contribution in [0.2, 0.25) is 0 Å². The van der Waals surface area contributed by atoms with Gasteiger partial charge in [0.05, 0.1) is 7.11 Å².